The zero-order valence-electron chi connectivity index (χ0n) is 7.74. The third kappa shape index (κ3) is 2.35. The second-order valence-electron chi connectivity index (χ2n) is 4.10. The van der Waals surface area contributed by atoms with E-state index < -0.39 is 24.2 Å². The molecule has 1 saturated carbocycles. The third-order valence-electron chi connectivity index (χ3n) is 2.91. The minimum Gasteiger partial charge on any atom is -0.247 e. The van der Waals surface area contributed by atoms with Gasteiger partial charge in [-0.1, -0.05) is 13.8 Å². The van der Waals surface area contributed by atoms with Crippen LogP contribution in [0.2, 0.25) is 0 Å². The van der Waals surface area contributed by atoms with Crippen molar-refractivity contribution >= 4 is 0 Å². The van der Waals surface area contributed by atoms with Crippen molar-refractivity contribution in [3.8, 4) is 0 Å². The van der Waals surface area contributed by atoms with Gasteiger partial charge in [0.2, 0.25) is 0 Å². The van der Waals surface area contributed by atoms with Gasteiger partial charge < -0.3 is 0 Å². The number of hydrogen-bond donors (Lipinski definition) is 0. The Morgan fingerprint density at radius 3 is 2.08 bits per heavy atom. The predicted octanol–water partition coefficient (Wildman–Crippen LogP) is 3.57. The quantitative estimate of drug-likeness (QED) is 0.522. The van der Waals surface area contributed by atoms with Crippen LogP contribution >= 0.6 is 0 Å². The van der Waals surface area contributed by atoms with Crippen LogP contribution in [0.15, 0.2) is 0 Å². The van der Waals surface area contributed by atoms with E-state index in [1.54, 1.807) is 6.92 Å². The van der Waals surface area contributed by atoms with Gasteiger partial charge in [-0.15, -0.1) is 0 Å². The molecule has 1 aliphatic carbocycles. The largest absolute Gasteiger partial charge is 0.392 e. The Balaban J connectivity index is 2.72. The van der Waals surface area contributed by atoms with E-state index in [-0.39, 0.29) is 18.8 Å². The van der Waals surface area contributed by atoms with E-state index >= 15 is 0 Å². The molecule has 1 fully saturated rings. The van der Waals surface area contributed by atoms with Crippen LogP contribution in [-0.4, -0.2) is 12.3 Å². The molecule has 4 unspecified atom stereocenters. The first-order valence-electron chi connectivity index (χ1n) is 4.53. The molecule has 0 aromatic heterocycles. The summed E-state index contributed by atoms with van der Waals surface area (Å²) in [7, 11) is 0. The fourth-order valence-corrected chi connectivity index (χ4v) is 2.03. The molecule has 4 atom stereocenters. The van der Waals surface area contributed by atoms with E-state index in [4.69, 9.17) is 0 Å². The maximum Gasteiger partial charge on any atom is 0.392 e. The standard InChI is InChI=1S/C9H14F4/c1-5-3-7(9(11,12)13)6(2)8(10)4-5/h5-8H,3-4H2,1-2H3. The molecule has 1 aliphatic rings. The van der Waals surface area contributed by atoms with Gasteiger partial charge in [-0.05, 0) is 24.7 Å². The first kappa shape index (κ1) is 10.8. The molecule has 0 spiro atoms. The summed E-state index contributed by atoms with van der Waals surface area (Å²) in [6, 6.07) is 0. The lowest BCUT2D eigenvalue weighted by Gasteiger charge is -2.36. The van der Waals surface area contributed by atoms with E-state index in [9.17, 15) is 17.6 Å². The highest BCUT2D eigenvalue weighted by Crippen LogP contribution is 2.44. The van der Waals surface area contributed by atoms with E-state index in [2.05, 4.69) is 0 Å². The van der Waals surface area contributed by atoms with Crippen LogP contribution < -0.4 is 0 Å². The molecule has 0 saturated heterocycles. The van der Waals surface area contributed by atoms with Crippen molar-refractivity contribution in [1.82, 2.24) is 0 Å². The molecule has 0 aromatic rings. The van der Waals surface area contributed by atoms with Gasteiger partial charge in [0.25, 0.3) is 0 Å². The Labute approximate surface area is 75.3 Å². The van der Waals surface area contributed by atoms with E-state index in [1.165, 1.54) is 6.92 Å². The van der Waals surface area contributed by atoms with Gasteiger partial charge >= 0.3 is 6.18 Å². The minimum atomic E-state index is -4.24. The fourth-order valence-electron chi connectivity index (χ4n) is 2.03. The lowest BCUT2D eigenvalue weighted by atomic mass is 9.74. The van der Waals surface area contributed by atoms with Crippen molar-refractivity contribution in [3.05, 3.63) is 0 Å². The normalized spacial score (nSPS) is 42.0. The van der Waals surface area contributed by atoms with Crippen LogP contribution in [0.25, 0.3) is 0 Å². The zero-order chi connectivity index (χ0) is 10.2. The maximum atomic E-state index is 13.1. The van der Waals surface area contributed by atoms with Crippen molar-refractivity contribution in [2.75, 3.05) is 0 Å². The van der Waals surface area contributed by atoms with Crippen molar-refractivity contribution in [2.24, 2.45) is 17.8 Å². The Morgan fingerprint density at radius 1 is 1.08 bits per heavy atom. The van der Waals surface area contributed by atoms with Gasteiger partial charge in [0, 0.05) is 0 Å². The first-order chi connectivity index (χ1) is 5.82. The van der Waals surface area contributed by atoms with Gasteiger partial charge in [0.15, 0.2) is 0 Å². The van der Waals surface area contributed by atoms with Crippen molar-refractivity contribution < 1.29 is 17.6 Å². The second kappa shape index (κ2) is 3.46. The summed E-state index contributed by atoms with van der Waals surface area (Å²) < 4.78 is 50.2. The summed E-state index contributed by atoms with van der Waals surface area (Å²) in [4.78, 5) is 0. The van der Waals surface area contributed by atoms with Crippen LogP contribution in [0.3, 0.4) is 0 Å². The molecule has 0 heterocycles. The highest BCUT2D eigenvalue weighted by Gasteiger charge is 2.48. The smallest absolute Gasteiger partial charge is 0.247 e. The molecular weight excluding hydrogens is 184 g/mol. The lowest BCUT2D eigenvalue weighted by molar-refractivity contribution is -0.205. The van der Waals surface area contributed by atoms with Crippen LogP contribution in [0.5, 0.6) is 0 Å². The molecule has 0 aromatic carbocycles. The average Bonchev–Trinajstić information content (AvgIpc) is 1.94. The maximum absolute atomic E-state index is 13.1. The SMILES string of the molecule is CC1CC(F)C(C)C(C(F)(F)F)C1. The van der Waals surface area contributed by atoms with E-state index in [0.29, 0.717) is 0 Å². The van der Waals surface area contributed by atoms with Crippen molar-refractivity contribution in [2.45, 2.75) is 39.0 Å². The molecule has 78 valence electrons. The third-order valence-corrected chi connectivity index (χ3v) is 2.91. The first-order valence-corrected chi connectivity index (χ1v) is 4.53. The topological polar surface area (TPSA) is 0 Å². The molecule has 1 rings (SSSR count). The summed E-state index contributed by atoms with van der Waals surface area (Å²) in [5, 5.41) is 0. The molecule has 0 bridgehead atoms. The van der Waals surface area contributed by atoms with E-state index in [0.717, 1.165) is 0 Å². The van der Waals surface area contributed by atoms with Gasteiger partial charge in [-0.25, -0.2) is 4.39 Å². The molecule has 13 heavy (non-hydrogen) atoms. The summed E-state index contributed by atoms with van der Waals surface area (Å²) in [5.41, 5.74) is 0. The fraction of sp³-hybridized carbons (Fsp3) is 1.00. The van der Waals surface area contributed by atoms with Gasteiger partial charge in [-0.3, -0.25) is 0 Å². The van der Waals surface area contributed by atoms with Crippen molar-refractivity contribution in [1.29, 1.82) is 0 Å². The summed E-state index contributed by atoms with van der Waals surface area (Å²) in [5.74, 6) is -2.49. The average molecular weight is 198 g/mol. The van der Waals surface area contributed by atoms with Crippen molar-refractivity contribution in [3.63, 3.8) is 0 Å². The molecular formula is C9H14F4. The zero-order valence-corrected chi connectivity index (χ0v) is 7.74. The van der Waals surface area contributed by atoms with Crippen LogP contribution in [0, 0.1) is 17.8 Å². The number of alkyl halides is 4. The molecule has 0 radical (unpaired) electrons. The lowest BCUT2D eigenvalue weighted by Crippen LogP contribution is -2.39. The number of halogens is 4. The van der Waals surface area contributed by atoms with Gasteiger partial charge in [-0.2, -0.15) is 13.2 Å². The van der Waals surface area contributed by atoms with Gasteiger partial charge in [0.1, 0.15) is 6.17 Å². The predicted molar refractivity (Wildman–Crippen MR) is 42.0 cm³/mol. The highest BCUT2D eigenvalue weighted by molar-refractivity contribution is 4.86. The highest BCUT2D eigenvalue weighted by atomic mass is 19.4. The Hall–Kier alpha value is -0.280. The molecule has 0 nitrogen and oxygen atoms in total. The molecule has 0 aliphatic heterocycles. The summed E-state index contributed by atoms with van der Waals surface area (Å²) >= 11 is 0. The number of hydrogen-bond acceptors (Lipinski definition) is 0. The Bertz CT molecular complexity index is 175. The monoisotopic (exact) mass is 198 g/mol. The molecule has 0 N–H and O–H groups in total. The Morgan fingerprint density at radius 2 is 1.62 bits per heavy atom. The number of rotatable bonds is 0. The summed E-state index contributed by atoms with van der Waals surface area (Å²) in [6.45, 7) is 3.03. The van der Waals surface area contributed by atoms with E-state index in [1.807, 2.05) is 0 Å². The van der Waals surface area contributed by atoms with Crippen LogP contribution in [-0.2, 0) is 0 Å². The second-order valence-corrected chi connectivity index (χ2v) is 4.10. The van der Waals surface area contributed by atoms with Crippen LogP contribution in [0.4, 0.5) is 17.6 Å². The Kier molecular flexibility index (Phi) is 2.88. The minimum absolute atomic E-state index is 0.0745. The molecule has 4 heteroatoms. The van der Waals surface area contributed by atoms with Crippen LogP contribution in [0.1, 0.15) is 26.7 Å². The summed E-state index contributed by atoms with van der Waals surface area (Å²) in [6.07, 6.45) is -5.19. The van der Waals surface area contributed by atoms with Gasteiger partial charge in [0.05, 0.1) is 5.92 Å². The molecule has 0 amide bonds.